The Morgan fingerprint density at radius 3 is 2.45 bits per heavy atom. The lowest BCUT2D eigenvalue weighted by Gasteiger charge is -2.33. The van der Waals surface area contributed by atoms with Crippen LogP contribution in [0.5, 0.6) is 0 Å². The first-order chi connectivity index (χ1) is 10.6. The fraction of sp³-hybridized carbons (Fsp3) is 0.333. The molecule has 0 amide bonds. The van der Waals surface area contributed by atoms with Crippen molar-refractivity contribution < 1.29 is 19.1 Å². The summed E-state index contributed by atoms with van der Waals surface area (Å²) < 4.78 is 10.8. The molecule has 4 nitrogen and oxygen atoms in total. The molecule has 0 fully saturated rings. The largest absolute Gasteiger partial charge is 0.458 e. The zero-order chi connectivity index (χ0) is 15.7. The van der Waals surface area contributed by atoms with Crippen molar-refractivity contribution in [2.45, 2.75) is 38.9 Å². The fourth-order valence-corrected chi connectivity index (χ4v) is 3.19. The number of fused-ring (bicyclic) bond motifs is 3. The Balaban J connectivity index is 2.08. The molecule has 2 aromatic carbocycles. The van der Waals surface area contributed by atoms with E-state index in [1.807, 2.05) is 24.3 Å². The van der Waals surface area contributed by atoms with Crippen LogP contribution in [0.2, 0.25) is 0 Å². The van der Waals surface area contributed by atoms with Gasteiger partial charge >= 0.3 is 11.9 Å². The van der Waals surface area contributed by atoms with E-state index in [2.05, 4.69) is 12.1 Å². The molecule has 0 unspecified atom stereocenters. The van der Waals surface area contributed by atoms with Gasteiger partial charge in [-0.1, -0.05) is 36.4 Å². The molecular formula is C18H18O4. The van der Waals surface area contributed by atoms with Crippen molar-refractivity contribution in [1.29, 1.82) is 0 Å². The van der Waals surface area contributed by atoms with E-state index in [0.717, 1.165) is 17.4 Å². The van der Waals surface area contributed by atoms with Crippen LogP contribution in [0, 0.1) is 0 Å². The molecule has 1 aliphatic rings. The monoisotopic (exact) mass is 298 g/mol. The number of rotatable bonds is 2. The summed E-state index contributed by atoms with van der Waals surface area (Å²) in [6, 6.07) is 12.1. The van der Waals surface area contributed by atoms with Crippen LogP contribution in [0.25, 0.3) is 10.8 Å². The predicted molar refractivity (Wildman–Crippen MR) is 82.3 cm³/mol. The van der Waals surface area contributed by atoms with E-state index < -0.39 is 12.2 Å². The van der Waals surface area contributed by atoms with E-state index in [0.29, 0.717) is 6.42 Å². The average Bonchev–Trinajstić information content (AvgIpc) is 2.48. The van der Waals surface area contributed by atoms with Gasteiger partial charge in [0.05, 0.1) is 0 Å². The number of aryl methyl sites for hydroxylation is 1. The van der Waals surface area contributed by atoms with Crippen molar-refractivity contribution in [1.82, 2.24) is 0 Å². The van der Waals surface area contributed by atoms with Crippen LogP contribution in [-0.4, -0.2) is 18.0 Å². The van der Waals surface area contributed by atoms with Crippen molar-refractivity contribution >= 4 is 22.7 Å². The first kappa shape index (κ1) is 14.6. The molecule has 0 aromatic heterocycles. The van der Waals surface area contributed by atoms with E-state index in [9.17, 15) is 9.59 Å². The van der Waals surface area contributed by atoms with Crippen LogP contribution in [0.15, 0.2) is 36.4 Å². The molecule has 1 aliphatic carbocycles. The molecule has 3 rings (SSSR count). The Kier molecular flexibility index (Phi) is 3.84. The second-order valence-corrected chi connectivity index (χ2v) is 5.57. The van der Waals surface area contributed by atoms with Crippen LogP contribution in [-0.2, 0) is 25.5 Å². The van der Waals surface area contributed by atoms with Crippen molar-refractivity contribution in [2.24, 2.45) is 0 Å². The normalized spacial score (nSPS) is 20.3. The van der Waals surface area contributed by atoms with Gasteiger partial charge in [-0.25, -0.2) is 0 Å². The van der Waals surface area contributed by atoms with Gasteiger partial charge in [0.25, 0.3) is 0 Å². The number of hydrogen-bond donors (Lipinski definition) is 0. The molecule has 22 heavy (non-hydrogen) atoms. The maximum Gasteiger partial charge on any atom is 0.303 e. The molecule has 0 N–H and O–H groups in total. The summed E-state index contributed by atoms with van der Waals surface area (Å²) in [6.45, 7) is 2.75. The van der Waals surface area contributed by atoms with Crippen molar-refractivity contribution in [3.8, 4) is 0 Å². The van der Waals surface area contributed by atoms with Crippen LogP contribution in [0.1, 0.15) is 37.5 Å². The van der Waals surface area contributed by atoms with Gasteiger partial charge in [0.2, 0.25) is 0 Å². The molecule has 0 saturated heterocycles. The SMILES string of the molecule is CC(=O)O[C@@H]1c2ccc3ccccc3c2CC[C@H]1OC(C)=O. The van der Waals surface area contributed by atoms with Gasteiger partial charge in [0.1, 0.15) is 6.10 Å². The highest BCUT2D eigenvalue weighted by molar-refractivity contribution is 5.87. The maximum atomic E-state index is 11.5. The standard InChI is InChI=1S/C18H18O4/c1-11(19)21-17-10-9-15-14-6-4-3-5-13(14)7-8-16(15)18(17)22-12(2)20/h3-8,17-18H,9-10H2,1-2H3/t17-,18-/m1/s1. The van der Waals surface area contributed by atoms with Crippen LogP contribution >= 0.6 is 0 Å². The van der Waals surface area contributed by atoms with Gasteiger partial charge < -0.3 is 9.47 Å². The van der Waals surface area contributed by atoms with Gasteiger partial charge in [0.15, 0.2) is 6.10 Å². The van der Waals surface area contributed by atoms with Gasteiger partial charge in [-0.2, -0.15) is 0 Å². The Morgan fingerprint density at radius 2 is 1.73 bits per heavy atom. The summed E-state index contributed by atoms with van der Waals surface area (Å²) in [4.78, 5) is 22.8. The second kappa shape index (κ2) is 5.79. The minimum atomic E-state index is -0.533. The molecule has 0 heterocycles. The van der Waals surface area contributed by atoms with E-state index in [4.69, 9.17) is 9.47 Å². The van der Waals surface area contributed by atoms with E-state index in [1.165, 1.54) is 24.8 Å². The molecule has 4 heteroatoms. The summed E-state index contributed by atoms with van der Waals surface area (Å²) >= 11 is 0. The van der Waals surface area contributed by atoms with Gasteiger partial charge in [-0.05, 0) is 29.2 Å². The summed E-state index contributed by atoms with van der Waals surface area (Å²) in [6.07, 6.45) is 0.495. The molecule has 0 bridgehead atoms. The Labute approximate surface area is 129 Å². The summed E-state index contributed by atoms with van der Waals surface area (Å²) in [7, 11) is 0. The maximum absolute atomic E-state index is 11.5. The Hall–Kier alpha value is -2.36. The minimum Gasteiger partial charge on any atom is -0.458 e. The molecule has 0 spiro atoms. The summed E-state index contributed by atoms with van der Waals surface area (Å²) in [5, 5.41) is 2.33. The highest BCUT2D eigenvalue weighted by Crippen LogP contribution is 2.38. The molecular weight excluding hydrogens is 280 g/mol. The average molecular weight is 298 g/mol. The zero-order valence-electron chi connectivity index (χ0n) is 12.7. The summed E-state index contributed by atoms with van der Waals surface area (Å²) in [5.41, 5.74) is 2.11. The van der Waals surface area contributed by atoms with Crippen LogP contribution in [0.3, 0.4) is 0 Å². The van der Waals surface area contributed by atoms with E-state index in [1.54, 1.807) is 0 Å². The number of benzene rings is 2. The first-order valence-corrected chi connectivity index (χ1v) is 7.41. The van der Waals surface area contributed by atoms with Crippen molar-refractivity contribution in [3.63, 3.8) is 0 Å². The first-order valence-electron chi connectivity index (χ1n) is 7.41. The molecule has 2 atom stereocenters. The van der Waals surface area contributed by atoms with Crippen LogP contribution in [0.4, 0.5) is 0 Å². The molecule has 0 radical (unpaired) electrons. The summed E-state index contributed by atoms with van der Waals surface area (Å²) in [5.74, 6) is -0.727. The number of hydrogen-bond acceptors (Lipinski definition) is 4. The number of ether oxygens (including phenoxy) is 2. The lowest BCUT2D eigenvalue weighted by Crippen LogP contribution is -2.32. The number of carbonyl (C=O) groups is 2. The molecule has 0 aliphatic heterocycles. The number of carbonyl (C=O) groups excluding carboxylic acids is 2. The molecule has 114 valence electrons. The highest BCUT2D eigenvalue weighted by atomic mass is 16.6. The Morgan fingerprint density at radius 1 is 1.00 bits per heavy atom. The van der Waals surface area contributed by atoms with Crippen molar-refractivity contribution in [2.75, 3.05) is 0 Å². The van der Waals surface area contributed by atoms with Crippen molar-refractivity contribution in [3.05, 3.63) is 47.5 Å². The van der Waals surface area contributed by atoms with Crippen LogP contribution < -0.4 is 0 Å². The second-order valence-electron chi connectivity index (χ2n) is 5.57. The third-order valence-electron chi connectivity index (χ3n) is 4.01. The zero-order valence-corrected chi connectivity index (χ0v) is 12.7. The lowest BCUT2D eigenvalue weighted by molar-refractivity contribution is -0.167. The fourth-order valence-electron chi connectivity index (χ4n) is 3.19. The molecule has 0 saturated carbocycles. The predicted octanol–water partition coefficient (Wildman–Crippen LogP) is 3.32. The topological polar surface area (TPSA) is 52.6 Å². The van der Waals surface area contributed by atoms with Gasteiger partial charge in [0, 0.05) is 19.4 Å². The number of esters is 2. The Bertz CT molecular complexity index is 735. The van der Waals surface area contributed by atoms with E-state index in [-0.39, 0.29) is 11.9 Å². The quantitative estimate of drug-likeness (QED) is 0.798. The molecule has 2 aromatic rings. The highest BCUT2D eigenvalue weighted by Gasteiger charge is 2.35. The van der Waals surface area contributed by atoms with Gasteiger partial charge in [-0.3, -0.25) is 9.59 Å². The smallest absolute Gasteiger partial charge is 0.303 e. The third kappa shape index (κ3) is 2.69. The third-order valence-corrected chi connectivity index (χ3v) is 4.01. The van der Waals surface area contributed by atoms with E-state index >= 15 is 0 Å². The minimum absolute atomic E-state index is 0.355. The van der Waals surface area contributed by atoms with Gasteiger partial charge in [-0.15, -0.1) is 0 Å². The lowest BCUT2D eigenvalue weighted by atomic mass is 9.84.